The second-order valence-electron chi connectivity index (χ2n) is 8.06. The van der Waals surface area contributed by atoms with Crippen LogP contribution in [0.1, 0.15) is 24.5 Å². The van der Waals surface area contributed by atoms with Crippen LogP contribution >= 0.6 is 0 Å². The van der Waals surface area contributed by atoms with Gasteiger partial charge in [0.15, 0.2) is 6.17 Å². The van der Waals surface area contributed by atoms with Crippen molar-refractivity contribution in [2.24, 2.45) is 0 Å². The first-order valence-corrected chi connectivity index (χ1v) is 9.20. The summed E-state index contributed by atoms with van der Waals surface area (Å²) in [5, 5.41) is 15.7. The average molecular weight is 367 g/mol. The molecule has 1 N–H and O–H groups in total. The minimum absolute atomic E-state index is 0.149. The molecule has 0 bridgehead atoms. The van der Waals surface area contributed by atoms with Crippen molar-refractivity contribution in [3.8, 4) is 5.75 Å². The number of amides is 1. The average Bonchev–Trinajstić information content (AvgIpc) is 2.99. The number of carbonyl (C=O) groups excluding carboxylic acids is 1. The molecule has 1 fully saturated rings. The van der Waals surface area contributed by atoms with Crippen molar-refractivity contribution in [1.29, 1.82) is 0 Å². The minimum Gasteiger partial charge on any atom is -0.631 e. The number of hydrogen-bond donors (Lipinski definition) is 1. The molecular weight excluding hydrogens is 342 g/mol. The predicted molar refractivity (Wildman–Crippen MR) is 106 cm³/mol. The lowest BCUT2D eigenvalue weighted by molar-refractivity contribution is -0.874. The molecule has 2 aromatic carbocycles. The summed E-state index contributed by atoms with van der Waals surface area (Å²) in [6.07, 6.45) is 0.144. The zero-order chi connectivity index (χ0) is 19.4. The zero-order valence-corrected chi connectivity index (χ0v) is 16.2. The van der Waals surface area contributed by atoms with Gasteiger partial charge in [0.05, 0.1) is 19.0 Å². The maximum Gasteiger partial charge on any atom is 0.417 e. The van der Waals surface area contributed by atoms with Gasteiger partial charge in [-0.15, -0.1) is 0 Å². The standard InChI is InChI=1S/C21H25N3O3/c1-14-7-5-6-8-17(14)22-20(25)27-15-9-10-18-16(13-15)21(2)11-12-24(4,26)19(21)23(18)3/h5-10,13,19H,11-12H2,1-4H3,(H,22,25)/t19-,21-,24+/m0/s1. The number of ether oxygens (including phenoxy) is 1. The van der Waals surface area contributed by atoms with Crippen molar-refractivity contribution >= 4 is 17.5 Å². The molecule has 0 unspecified atom stereocenters. The molecule has 0 spiro atoms. The van der Waals surface area contributed by atoms with Gasteiger partial charge >= 0.3 is 6.09 Å². The van der Waals surface area contributed by atoms with E-state index >= 15 is 0 Å². The lowest BCUT2D eigenvalue weighted by Crippen LogP contribution is -2.54. The van der Waals surface area contributed by atoms with E-state index in [-0.39, 0.29) is 16.2 Å². The van der Waals surface area contributed by atoms with Gasteiger partial charge in [0.25, 0.3) is 0 Å². The highest BCUT2D eigenvalue weighted by Gasteiger charge is 2.58. The second-order valence-corrected chi connectivity index (χ2v) is 8.06. The maximum absolute atomic E-state index is 12.9. The molecule has 0 saturated carbocycles. The largest absolute Gasteiger partial charge is 0.631 e. The van der Waals surface area contributed by atoms with Gasteiger partial charge in [0.1, 0.15) is 5.75 Å². The first-order chi connectivity index (χ1) is 12.7. The summed E-state index contributed by atoms with van der Waals surface area (Å²) in [4.78, 5) is 14.4. The van der Waals surface area contributed by atoms with E-state index in [4.69, 9.17) is 4.74 Å². The van der Waals surface area contributed by atoms with Crippen molar-refractivity contribution < 1.29 is 14.2 Å². The second kappa shape index (κ2) is 5.97. The number of likely N-dealkylation sites (N-methyl/N-ethyl adjacent to an activating group) is 2. The molecule has 0 radical (unpaired) electrons. The Labute approximate surface area is 159 Å². The van der Waals surface area contributed by atoms with Gasteiger partial charge in [-0.1, -0.05) is 18.2 Å². The highest BCUT2D eigenvalue weighted by Crippen LogP contribution is 2.54. The molecule has 0 aliphatic carbocycles. The van der Waals surface area contributed by atoms with E-state index in [1.807, 2.05) is 50.4 Å². The Morgan fingerprint density at radius 2 is 2.07 bits per heavy atom. The van der Waals surface area contributed by atoms with Gasteiger partial charge < -0.3 is 19.5 Å². The SMILES string of the molecule is Cc1ccccc1NC(=O)Oc1ccc2c(c1)[C@]1(C)CC[N@@+](C)([O-])[C@@H]1N2C. The number of hydrogen-bond acceptors (Lipinski definition) is 4. The Morgan fingerprint density at radius 3 is 2.81 bits per heavy atom. The van der Waals surface area contributed by atoms with Crippen molar-refractivity contribution in [3.63, 3.8) is 0 Å². The summed E-state index contributed by atoms with van der Waals surface area (Å²) in [6.45, 7) is 4.66. The number of quaternary nitrogens is 1. The molecule has 1 amide bonds. The van der Waals surface area contributed by atoms with Crippen molar-refractivity contribution in [2.45, 2.75) is 31.8 Å². The number of likely N-dealkylation sites (tertiary alicyclic amines) is 1. The minimum atomic E-state index is -0.520. The molecule has 2 aromatic rings. The molecule has 27 heavy (non-hydrogen) atoms. The Kier molecular flexibility index (Phi) is 3.94. The van der Waals surface area contributed by atoms with E-state index in [1.54, 1.807) is 13.1 Å². The maximum atomic E-state index is 12.9. The molecule has 142 valence electrons. The Bertz CT molecular complexity index is 911. The number of carbonyl (C=O) groups is 1. The summed E-state index contributed by atoms with van der Waals surface area (Å²) < 4.78 is 5.26. The van der Waals surface area contributed by atoms with E-state index in [0.717, 1.165) is 28.9 Å². The number of benzene rings is 2. The third-order valence-electron chi connectivity index (χ3n) is 6.08. The van der Waals surface area contributed by atoms with Crippen LogP contribution in [0.15, 0.2) is 42.5 Å². The molecule has 0 aromatic heterocycles. The zero-order valence-electron chi connectivity index (χ0n) is 16.2. The van der Waals surface area contributed by atoms with Crippen LogP contribution in [-0.4, -0.2) is 37.5 Å². The molecule has 2 aliphatic rings. The highest BCUT2D eigenvalue weighted by atomic mass is 16.6. The molecule has 4 rings (SSSR count). The van der Waals surface area contributed by atoms with Crippen molar-refractivity contribution in [1.82, 2.24) is 0 Å². The fourth-order valence-corrected chi connectivity index (χ4v) is 4.81. The van der Waals surface area contributed by atoms with E-state index in [2.05, 4.69) is 17.1 Å². The Hall–Kier alpha value is -2.57. The first-order valence-electron chi connectivity index (χ1n) is 9.20. The summed E-state index contributed by atoms with van der Waals surface area (Å²) in [7, 11) is 3.71. The topological polar surface area (TPSA) is 64.6 Å². The van der Waals surface area contributed by atoms with Crippen molar-refractivity contribution in [3.05, 3.63) is 58.8 Å². The third-order valence-corrected chi connectivity index (χ3v) is 6.08. The first kappa shape index (κ1) is 17.8. The molecule has 1 saturated heterocycles. The molecule has 6 heteroatoms. The summed E-state index contributed by atoms with van der Waals surface area (Å²) in [5.74, 6) is 0.488. The van der Waals surface area contributed by atoms with Crippen LogP contribution in [0.2, 0.25) is 0 Å². The highest BCUT2D eigenvalue weighted by molar-refractivity contribution is 5.87. The van der Waals surface area contributed by atoms with E-state index in [9.17, 15) is 10.0 Å². The van der Waals surface area contributed by atoms with Crippen LogP contribution in [0.4, 0.5) is 16.2 Å². The summed E-state index contributed by atoms with van der Waals surface area (Å²) in [6, 6.07) is 13.2. The van der Waals surface area contributed by atoms with E-state index < -0.39 is 6.09 Å². The van der Waals surface area contributed by atoms with E-state index in [1.165, 1.54) is 0 Å². The normalized spacial score (nSPS) is 28.6. The molecule has 6 nitrogen and oxygen atoms in total. The van der Waals surface area contributed by atoms with Gasteiger partial charge in [-0.25, -0.2) is 4.79 Å². The Morgan fingerprint density at radius 1 is 1.33 bits per heavy atom. The van der Waals surface area contributed by atoms with Crippen LogP contribution in [0.5, 0.6) is 5.75 Å². The van der Waals surface area contributed by atoms with Crippen LogP contribution in [0.3, 0.4) is 0 Å². The quantitative estimate of drug-likeness (QED) is 0.644. The van der Waals surface area contributed by atoms with Gasteiger partial charge in [0, 0.05) is 24.8 Å². The number of fused-ring (bicyclic) bond motifs is 3. The van der Waals surface area contributed by atoms with E-state index in [0.29, 0.717) is 12.3 Å². The van der Waals surface area contributed by atoms with Gasteiger partial charge in [-0.3, -0.25) is 5.32 Å². The van der Waals surface area contributed by atoms with Gasteiger partial charge in [0.2, 0.25) is 0 Å². The molecular formula is C21H25N3O3. The van der Waals surface area contributed by atoms with Gasteiger partial charge in [-0.05, 0) is 49.2 Å². The fraction of sp³-hybridized carbons (Fsp3) is 0.381. The number of hydroxylamine groups is 3. The number of aryl methyl sites for hydroxylation is 1. The molecule has 3 atom stereocenters. The number of rotatable bonds is 2. The number of nitrogens with zero attached hydrogens (tertiary/aromatic N) is 2. The number of nitrogens with one attached hydrogen (secondary N) is 1. The lowest BCUT2D eigenvalue weighted by atomic mass is 9.81. The van der Waals surface area contributed by atoms with Crippen LogP contribution in [0, 0.1) is 12.1 Å². The predicted octanol–water partition coefficient (Wildman–Crippen LogP) is 3.99. The Balaban J connectivity index is 1.58. The molecule has 2 aliphatic heterocycles. The fourth-order valence-electron chi connectivity index (χ4n) is 4.81. The van der Waals surface area contributed by atoms with Crippen LogP contribution in [-0.2, 0) is 5.41 Å². The summed E-state index contributed by atoms with van der Waals surface area (Å²) >= 11 is 0. The van der Waals surface area contributed by atoms with Gasteiger partial charge in [-0.2, -0.15) is 0 Å². The smallest absolute Gasteiger partial charge is 0.417 e. The van der Waals surface area contributed by atoms with Crippen molar-refractivity contribution in [2.75, 3.05) is 30.9 Å². The summed E-state index contributed by atoms with van der Waals surface area (Å²) in [5.41, 5.74) is 3.57. The third kappa shape index (κ3) is 2.76. The molecule has 2 heterocycles. The number of para-hydroxylation sites is 1. The van der Waals surface area contributed by atoms with Crippen LogP contribution in [0.25, 0.3) is 0 Å². The van der Waals surface area contributed by atoms with Crippen LogP contribution < -0.4 is 15.0 Å². The lowest BCUT2D eigenvalue weighted by Gasteiger charge is -2.44. The number of anilines is 2. The monoisotopic (exact) mass is 367 g/mol.